The largest absolute Gasteiger partial charge is 2.00 e. The fourth-order valence-electron chi connectivity index (χ4n) is 4.41. The first kappa shape index (κ1) is 26.6. The number of aromatic nitrogens is 4. The van der Waals surface area contributed by atoms with E-state index in [0.717, 1.165) is 49.1 Å². The van der Waals surface area contributed by atoms with Crippen molar-refractivity contribution in [3.8, 4) is 0 Å². The molecule has 0 saturated carbocycles. The van der Waals surface area contributed by atoms with Gasteiger partial charge in [-0.05, 0) is 39.3 Å². The van der Waals surface area contributed by atoms with Crippen LogP contribution in [0.1, 0.15) is 41.9 Å². The van der Waals surface area contributed by atoms with E-state index >= 15 is 0 Å². The number of carbonyl (C=O) groups excluding carboxylic acids is 1. The van der Waals surface area contributed by atoms with Crippen molar-refractivity contribution in [2.45, 2.75) is 38.1 Å². The average molecular weight is 690 g/mol. The summed E-state index contributed by atoms with van der Waals surface area (Å²) in [6.45, 7) is 6.04. The predicted octanol–water partition coefficient (Wildman–Crippen LogP) is 2.71. The van der Waals surface area contributed by atoms with Crippen molar-refractivity contribution in [1.29, 1.82) is 0 Å². The summed E-state index contributed by atoms with van der Waals surface area (Å²) < 4.78 is 16.1. The maximum atomic E-state index is 14.3. The van der Waals surface area contributed by atoms with E-state index in [4.69, 9.17) is 0 Å². The number of benzene rings is 1. The first-order chi connectivity index (χ1) is 16.0. The summed E-state index contributed by atoms with van der Waals surface area (Å²) in [6, 6.07) is 6.03. The van der Waals surface area contributed by atoms with Crippen LogP contribution in [0, 0.1) is 49.9 Å². The van der Waals surface area contributed by atoms with Crippen molar-refractivity contribution in [1.82, 2.24) is 29.4 Å². The summed E-state index contributed by atoms with van der Waals surface area (Å²) in [5, 5.41) is 11.7. The number of anilines is 1. The molecule has 1 fully saturated rings. The van der Waals surface area contributed by atoms with Gasteiger partial charge in [-0.1, -0.05) is 0 Å². The Kier molecular flexibility index (Phi) is 9.46. The van der Waals surface area contributed by atoms with Crippen LogP contribution in [-0.2, 0) is 17.8 Å². The zero-order valence-corrected chi connectivity index (χ0v) is 23.9. The van der Waals surface area contributed by atoms with Crippen LogP contribution in [0.15, 0.2) is 24.7 Å². The number of fused-ring (bicyclic) bond motifs is 1. The van der Waals surface area contributed by atoms with Gasteiger partial charge in [-0.25, -0.2) is 9.37 Å². The van der Waals surface area contributed by atoms with Crippen LogP contribution < -0.4 is 5.32 Å². The molecule has 2 aromatic heterocycles. The third kappa shape index (κ3) is 5.96. The van der Waals surface area contributed by atoms with E-state index in [0.29, 0.717) is 24.5 Å². The van der Waals surface area contributed by atoms with Gasteiger partial charge in [0.2, 0.25) is 11.9 Å². The Morgan fingerprint density at radius 1 is 1.35 bits per heavy atom. The Bertz CT molecular complexity index is 1120. The maximum Gasteiger partial charge on any atom is 2.00 e. The van der Waals surface area contributed by atoms with Crippen LogP contribution in [0.2, 0.25) is 0 Å². The molecule has 0 aliphatic carbocycles. The van der Waals surface area contributed by atoms with Crippen LogP contribution in [0.4, 0.5) is 10.3 Å². The zero-order chi connectivity index (χ0) is 23.4. The molecule has 0 radical (unpaired) electrons. The molecule has 34 heavy (non-hydrogen) atoms. The second kappa shape index (κ2) is 12.1. The van der Waals surface area contributed by atoms with Gasteiger partial charge >= 0.3 is 31.1 Å². The Morgan fingerprint density at radius 3 is 2.94 bits per heavy atom. The summed E-state index contributed by atoms with van der Waals surface area (Å²) in [5.41, 5.74) is 3.04. The van der Waals surface area contributed by atoms with Crippen LogP contribution in [0.25, 0.3) is 5.65 Å². The molecule has 4 rings (SSSR count). The van der Waals surface area contributed by atoms with Crippen molar-refractivity contribution >= 4 is 17.5 Å². The summed E-state index contributed by atoms with van der Waals surface area (Å²) in [5.74, 6) is 0.670. The molecular weight excluding hydrogens is 659 g/mol. The molecule has 0 spiro atoms. The summed E-state index contributed by atoms with van der Waals surface area (Å²) in [7, 11) is 3.82. The smallest absolute Gasteiger partial charge is 0.362 e. The van der Waals surface area contributed by atoms with Gasteiger partial charge in [-0.15, -0.1) is 21.8 Å². The molecule has 8 nitrogen and oxygen atoms in total. The number of likely N-dealkylation sites (tertiary alicyclic amines) is 1. The molecule has 0 unspecified atom stereocenters. The first-order valence-corrected chi connectivity index (χ1v) is 11.3. The minimum atomic E-state index is -0.289. The van der Waals surface area contributed by atoms with Crippen molar-refractivity contribution < 1.29 is 40.3 Å². The number of amides is 1. The zero-order valence-electron chi connectivity index (χ0n) is 19.7. The van der Waals surface area contributed by atoms with E-state index in [2.05, 4.69) is 33.5 Å². The molecule has 1 aliphatic rings. The second-order valence-electron chi connectivity index (χ2n) is 8.69. The van der Waals surface area contributed by atoms with Crippen LogP contribution in [0.5, 0.6) is 0 Å². The Hall–Kier alpha value is -2.02. The van der Waals surface area contributed by atoms with Gasteiger partial charge in [0.15, 0.2) is 5.65 Å². The van der Waals surface area contributed by atoms with Gasteiger partial charge in [-0.2, -0.15) is 24.1 Å². The van der Waals surface area contributed by atoms with Crippen molar-refractivity contribution in [3.05, 3.63) is 60.2 Å². The standard InChI is InChI=1S/C24H30FN7O.U/c1-4-17-7-5-9-21(25)19(17)13-26-24-27-14-20(23-29-28-16-32(23)24)18-8-6-11-31(12-10-18)22(33)15-30(2)3;/h5,9,14,16,18H,1,4,6,8,10-13,15H2,2-3H3,(H,26,27);/q-2;+2/t18-;/m1./s1. The topological polar surface area (TPSA) is 78.7 Å². The molecule has 3 heterocycles. The van der Waals surface area contributed by atoms with Crippen molar-refractivity contribution in [3.63, 3.8) is 0 Å². The van der Waals surface area contributed by atoms with Gasteiger partial charge in [0.1, 0.15) is 6.33 Å². The monoisotopic (exact) mass is 689 g/mol. The first-order valence-electron chi connectivity index (χ1n) is 11.3. The number of halogens is 1. The third-order valence-electron chi connectivity index (χ3n) is 6.15. The number of nitrogens with one attached hydrogen (secondary N) is 1. The molecule has 1 aliphatic heterocycles. The van der Waals surface area contributed by atoms with E-state index in [1.807, 2.05) is 34.5 Å². The second-order valence-corrected chi connectivity index (χ2v) is 8.69. The number of hydrogen-bond donors (Lipinski definition) is 1. The van der Waals surface area contributed by atoms with Gasteiger partial charge in [-0.3, -0.25) is 9.20 Å². The fourth-order valence-corrected chi connectivity index (χ4v) is 4.41. The van der Waals surface area contributed by atoms with E-state index in [-0.39, 0.29) is 55.3 Å². The molecule has 1 saturated heterocycles. The fraction of sp³-hybridized carbons (Fsp3) is 0.458. The quantitative estimate of drug-likeness (QED) is 0.385. The Labute approximate surface area is 223 Å². The number of likely N-dealkylation sites (N-methyl/N-ethyl adjacent to an activating group) is 1. The SMILES string of the molecule is [CH2-]Cc1[c-]ccc(F)c1CNc1ncc([C@@H]2CCCN(C(=O)CN(C)C)CC2)c2nncn12.[U+2]. The average Bonchev–Trinajstić information content (AvgIpc) is 3.15. The van der Waals surface area contributed by atoms with E-state index in [1.54, 1.807) is 12.4 Å². The minimum absolute atomic E-state index is 0. The summed E-state index contributed by atoms with van der Waals surface area (Å²) >= 11 is 0. The maximum absolute atomic E-state index is 14.3. The normalized spacial score (nSPS) is 16.4. The molecular formula is C24H30FN7OU. The predicted molar refractivity (Wildman–Crippen MR) is 124 cm³/mol. The van der Waals surface area contributed by atoms with E-state index < -0.39 is 0 Å². The molecule has 0 bridgehead atoms. The van der Waals surface area contributed by atoms with Crippen molar-refractivity contribution in [2.24, 2.45) is 0 Å². The molecule has 3 aromatic rings. The number of rotatable bonds is 7. The van der Waals surface area contributed by atoms with E-state index in [1.165, 1.54) is 6.07 Å². The molecule has 178 valence electrons. The molecule has 1 N–H and O–H groups in total. The van der Waals surface area contributed by atoms with Gasteiger partial charge in [0.25, 0.3) is 0 Å². The van der Waals surface area contributed by atoms with Gasteiger partial charge in [0, 0.05) is 37.2 Å². The van der Waals surface area contributed by atoms with Crippen LogP contribution in [0.3, 0.4) is 0 Å². The Morgan fingerprint density at radius 2 is 2.18 bits per heavy atom. The molecule has 1 aromatic carbocycles. The Balaban J connectivity index is 0.00000324. The molecule has 1 atom stereocenters. The molecule has 1 amide bonds. The minimum Gasteiger partial charge on any atom is -0.362 e. The number of carbonyl (C=O) groups is 1. The molecule has 10 heteroatoms. The third-order valence-corrected chi connectivity index (χ3v) is 6.15. The van der Waals surface area contributed by atoms with Crippen LogP contribution >= 0.6 is 0 Å². The number of hydrogen-bond acceptors (Lipinski definition) is 6. The van der Waals surface area contributed by atoms with Gasteiger partial charge in [0.05, 0.1) is 6.54 Å². The number of nitrogens with zero attached hydrogens (tertiary/aromatic N) is 6. The van der Waals surface area contributed by atoms with Crippen LogP contribution in [-0.4, -0.2) is 69.0 Å². The summed E-state index contributed by atoms with van der Waals surface area (Å²) in [4.78, 5) is 21.0. The van der Waals surface area contributed by atoms with Gasteiger partial charge < -0.3 is 22.0 Å². The summed E-state index contributed by atoms with van der Waals surface area (Å²) in [6.07, 6.45) is 6.66. The van der Waals surface area contributed by atoms with Crippen molar-refractivity contribution in [2.75, 3.05) is 39.0 Å². The van der Waals surface area contributed by atoms with E-state index in [9.17, 15) is 9.18 Å².